The lowest BCUT2D eigenvalue weighted by Gasteiger charge is -2.19. The van der Waals surface area contributed by atoms with Crippen LogP contribution in [0.5, 0.6) is 0 Å². The van der Waals surface area contributed by atoms with E-state index in [1.54, 1.807) is 0 Å². The van der Waals surface area contributed by atoms with Crippen molar-refractivity contribution in [3.8, 4) is 71.0 Å². The minimum absolute atomic E-state index is 0.123. The number of unbranched alkanes of at least 4 members (excludes halogenated alkanes) is 6. The van der Waals surface area contributed by atoms with Gasteiger partial charge in [0.25, 0.3) is 0 Å². The highest BCUT2D eigenvalue weighted by atomic mass is 32.1. The summed E-state index contributed by atoms with van der Waals surface area (Å²) in [6.07, 6.45) is 12.8. The summed E-state index contributed by atoms with van der Waals surface area (Å²) < 4.78 is 19.6. The Labute approximate surface area is 401 Å². The van der Waals surface area contributed by atoms with Gasteiger partial charge in [-0.1, -0.05) is 90.5 Å². The zero-order chi connectivity index (χ0) is 42.7. The molecule has 0 saturated heterocycles. The van der Waals surface area contributed by atoms with Crippen molar-refractivity contribution in [1.29, 1.82) is 0 Å². The van der Waals surface area contributed by atoms with Gasteiger partial charge < -0.3 is 0 Å². The molecular formula is C51H46N4S8. The molecule has 8 aromatic heterocycles. The van der Waals surface area contributed by atoms with Crippen molar-refractivity contribution in [2.24, 2.45) is 0 Å². The van der Waals surface area contributed by atoms with Gasteiger partial charge in [0.1, 0.15) is 22.1 Å². The van der Waals surface area contributed by atoms with Gasteiger partial charge in [0.15, 0.2) is 0 Å². The molecule has 0 saturated carbocycles. The molecule has 10 aromatic rings. The van der Waals surface area contributed by atoms with Crippen LogP contribution >= 0.6 is 91.5 Å². The molecule has 12 heteroatoms. The van der Waals surface area contributed by atoms with Crippen LogP contribution in [0, 0.1) is 0 Å². The van der Waals surface area contributed by atoms with Gasteiger partial charge in [0.2, 0.25) is 0 Å². The summed E-state index contributed by atoms with van der Waals surface area (Å²) in [7, 11) is 0. The molecule has 0 spiro atoms. The number of thiophene rings is 6. The van der Waals surface area contributed by atoms with Gasteiger partial charge in [-0.05, 0) is 97.5 Å². The number of hydrogen-bond acceptors (Lipinski definition) is 12. The maximum atomic E-state index is 4.92. The van der Waals surface area contributed by atoms with Crippen LogP contribution in [0.1, 0.15) is 99.9 Å². The van der Waals surface area contributed by atoms with Crippen LogP contribution in [-0.4, -0.2) is 17.5 Å². The first-order chi connectivity index (χ1) is 30.9. The summed E-state index contributed by atoms with van der Waals surface area (Å²) >= 11 is 14.1. The molecule has 0 radical (unpaired) electrons. The Morgan fingerprint density at radius 2 is 0.746 bits per heavy atom. The Bertz CT molecular complexity index is 3010. The number of nitrogens with zero attached hydrogens (tertiary/aromatic N) is 4. The lowest BCUT2D eigenvalue weighted by Crippen LogP contribution is -2.13. The second-order valence-electron chi connectivity index (χ2n) is 17.1. The van der Waals surface area contributed by atoms with Crippen LogP contribution in [0.25, 0.3) is 93.1 Å². The van der Waals surface area contributed by atoms with Gasteiger partial charge in [0.05, 0.1) is 23.5 Å². The van der Waals surface area contributed by atoms with Crippen LogP contribution in [0.4, 0.5) is 0 Å². The molecule has 0 aliphatic heterocycles. The van der Waals surface area contributed by atoms with E-state index >= 15 is 0 Å². The number of aromatic nitrogens is 4. The quantitative estimate of drug-likeness (QED) is 0.0906. The van der Waals surface area contributed by atoms with Crippen LogP contribution in [0.2, 0.25) is 0 Å². The van der Waals surface area contributed by atoms with Crippen LogP contribution in [-0.2, 0) is 18.3 Å². The largest absolute Gasteiger partial charge is 0.172 e. The minimum atomic E-state index is -0.123. The zero-order valence-electron chi connectivity index (χ0n) is 35.7. The van der Waals surface area contributed by atoms with Crippen molar-refractivity contribution >= 4 is 114 Å². The molecule has 8 heterocycles. The molecular weight excluding hydrogens is 925 g/mol. The third-order valence-electron chi connectivity index (χ3n) is 12.5. The van der Waals surface area contributed by atoms with E-state index in [1.165, 1.54) is 180 Å². The molecule has 11 rings (SSSR count). The third-order valence-corrected chi connectivity index (χ3v) is 21.0. The summed E-state index contributed by atoms with van der Waals surface area (Å²) in [6, 6.07) is 32.3. The first-order valence-corrected chi connectivity index (χ1v) is 28.4. The Kier molecular flexibility index (Phi) is 11.7. The molecule has 0 unspecified atom stereocenters. The predicted octanol–water partition coefficient (Wildman–Crippen LogP) is 18.6. The van der Waals surface area contributed by atoms with E-state index in [4.69, 9.17) is 17.5 Å². The molecule has 318 valence electrons. The van der Waals surface area contributed by atoms with E-state index in [-0.39, 0.29) is 5.41 Å². The maximum absolute atomic E-state index is 4.92. The lowest BCUT2D eigenvalue weighted by atomic mass is 9.83. The molecule has 63 heavy (non-hydrogen) atoms. The van der Waals surface area contributed by atoms with Crippen molar-refractivity contribution in [2.45, 2.75) is 97.3 Å². The standard InChI is InChI=1S/C51H46N4S8/c1-5-7-9-11-13-29-15-21-39(56-29)41-25-23-37(58-41)31-17-19-33(47-45(31)52-62-54-47)43-27-35-49(60-43)50-36(51(35,3)4)28-44(61-50)34-20-18-32(46-48(34)55-63-53-46)38-24-26-42(59-38)40-22-16-30(57-40)14-12-10-8-6-2/h15-28H,5-14H2,1-4H3. The van der Waals surface area contributed by atoms with E-state index in [0.717, 1.165) is 22.1 Å². The number of hydrogen-bond donors (Lipinski definition) is 0. The molecule has 0 N–H and O–H groups in total. The number of aryl methyl sites for hydroxylation is 2. The summed E-state index contributed by atoms with van der Waals surface area (Å²) in [5, 5.41) is 0. The fraction of sp³-hybridized carbons (Fsp3) is 0.294. The molecule has 4 nitrogen and oxygen atoms in total. The van der Waals surface area contributed by atoms with E-state index in [9.17, 15) is 0 Å². The fourth-order valence-electron chi connectivity index (χ4n) is 8.96. The van der Waals surface area contributed by atoms with Gasteiger partial charge in [-0.3, -0.25) is 0 Å². The van der Waals surface area contributed by atoms with Crippen molar-refractivity contribution in [2.75, 3.05) is 0 Å². The van der Waals surface area contributed by atoms with Crippen molar-refractivity contribution in [3.05, 3.63) is 106 Å². The third kappa shape index (κ3) is 7.76. The maximum Gasteiger partial charge on any atom is 0.114 e. The van der Waals surface area contributed by atoms with Gasteiger partial charge >= 0.3 is 0 Å². The molecule has 0 fully saturated rings. The second kappa shape index (κ2) is 17.6. The lowest BCUT2D eigenvalue weighted by molar-refractivity contribution is 0.663. The van der Waals surface area contributed by atoms with Crippen molar-refractivity contribution in [1.82, 2.24) is 17.5 Å². The summed E-state index contributed by atoms with van der Waals surface area (Å²) in [5.41, 5.74) is 11.3. The van der Waals surface area contributed by atoms with Gasteiger partial charge in [-0.15, -0.1) is 68.0 Å². The second-order valence-corrected chi connectivity index (χ2v) is 24.7. The Morgan fingerprint density at radius 1 is 0.381 bits per heavy atom. The smallest absolute Gasteiger partial charge is 0.114 e. The molecule has 1 aliphatic carbocycles. The highest BCUT2D eigenvalue weighted by molar-refractivity contribution is 7.26. The fourth-order valence-corrected chi connectivity index (χ4v) is 17.3. The van der Waals surface area contributed by atoms with E-state index in [1.807, 2.05) is 68.0 Å². The Balaban J connectivity index is 0.857. The van der Waals surface area contributed by atoms with E-state index in [0.29, 0.717) is 0 Å². The minimum Gasteiger partial charge on any atom is -0.172 e. The predicted molar refractivity (Wildman–Crippen MR) is 282 cm³/mol. The van der Waals surface area contributed by atoms with Crippen LogP contribution in [0.15, 0.2) is 84.9 Å². The highest BCUT2D eigenvalue weighted by Crippen LogP contribution is 2.59. The molecule has 2 aromatic carbocycles. The number of rotatable bonds is 16. The normalized spacial score (nSPS) is 13.2. The summed E-state index contributed by atoms with van der Waals surface area (Å²) in [4.78, 5) is 16.1. The summed E-state index contributed by atoms with van der Waals surface area (Å²) in [5.74, 6) is 0. The molecule has 1 aliphatic rings. The SMILES string of the molecule is CCCCCCc1ccc(-c2ccc(-c3ccc(-c4cc5c(s4)-c4sc(-c6ccc(-c7ccc(-c8ccc(CCCCCC)s8)s7)c7nsnc67)cc4C5(C)C)c4nsnc34)s2)s1. The van der Waals surface area contributed by atoms with Crippen LogP contribution in [0.3, 0.4) is 0 Å². The first kappa shape index (κ1) is 41.9. The van der Waals surface area contributed by atoms with Crippen LogP contribution < -0.4 is 0 Å². The van der Waals surface area contributed by atoms with Crippen molar-refractivity contribution < 1.29 is 0 Å². The van der Waals surface area contributed by atoms with E-state index in [2.05, 4.69) is 113 Å². The summed E-state index contributed by atoms with van der Waals surface area (Å²) in [6.45, 7) is 9.31. The average Bonchev–Trinajstić information content (AvgIpc) is 4.14. The number of benzene rings is 2. The Morgan fingerprint density at radius 3 is 1.16 bits per heavy atom. The van der Waals surface area contributed by atoms with Gasteiger partial charge in [-0.2, -0.15) is 17.5 Å². The van der Waals surface area contributed by atoms with Gasteiger partial charge in [0, 0.05) is 86.2 Å². The zero-order valence-corrected chi connectivity index (χ0v) is 42.2. The monoisotopic (exact) mass is 970 g/mol. The highest BCUT2D eigenvalue weighted by Gasteiger charge is 2.40. The molecule has 0 amide bonds. The molecule has 0 bridgehead atoms. The van der Waals surface area contributed by atoms with E-state index < -0.39 is 0 Å². The Hall–Kier alpha value is -3.72. The first-order valence-electron chi connectivity index (χ1n) is 22.1. The molecule has 0 atom stereocenters. The van der Waals surface area contributed by atoms with Gasteiger partial charge in [-0.25, -0.2) is 0 Å². The average molecular weight is 971 g/mol. The van der Waals surface area contributed by atoms with Crippen molar-refractivity contribution in [3.63, 3.8) is 0 Å². The number of fused-ring (bicyclic) bond motifs is 5. The topological polar surface area (TPSA) is 51.6 Å².